The van der Waals surface area contributed by atoms with Crippen molar-refractivity contribution < 1.29 is 4.74 Å². The molecule has 0 aromatic carbocycles. The van der Waals surface area contributed by atoms with Gasteiger partial charge in [-0.3, -0.25) is 4.68 Å². The predicted octanol–water partition coefficient (Wildman–Crippen LogP) is 3.45. The van der Waals surface area contributed by atoms with Gasteiger partial charge in [-0.25, -0.2) is 0 Å². The zero-order valence-electron chi connectivity index (χ0n) is 13.8. The molecule has 4 heteroatoms. The Bertz CT molecular complexity index is 398. The molecule has 0 aliphatic heterocycles. The molecule has 2 unspecified atom stereocenters. The summed E-state index contributed by atoms with van der Waals surface area (Å²) in [6.45, 7) is 6.12. The number of ether oxygens (including phenoxy) is 1. The smallest absolute Gasteiger partial charge is 0.0812 e. The third kappa shape index (κ3) is 4.30. The van der Waals surface area contributed by atoms with Gasteiger partial charge in [-0.1, -0.05) is 26.2 Å². The second kappa shape index (κ2) is 8.54. The van der Waals surface area contributed by atoms with E-state index in [2.05, 4.69) is 30.3 Å². The van der Waals surface area contributed by atoms with Gasteiger partial charge in [-0.2, -0.15) is 5.10 Å². The van der Waals surface area contributed by atoms with E-state index in [4.69, 9.17) is 4.74 Å². The molecule has 1 heterocycles. The standard InChI is InChI=1S/C17H31N3O/c1-4-12-18-16(15-11-13-19-20(15)3)17(21-5-2)14-9-7-6-8-10-14/h11,13-14,16-18H,4-10,12H2,1-3H3. The maximum absolute atomic E-state index is 6.22. The third-order valence-corrected chi connectivity index (χ3v) is 4.59. The molecular weight excluding hydrogens is 262 g/mol. The summed E-state index contributed by atoms with van der Waals surface area (Å²) in [7, 11) is 2.03. The SMILES string of the molecule is CCCNC(c1ccnn1C)C(OCC)C1CCCCC1. The summed E-state index contributed by atoms with van der Waals surface area (Å²) in [6, 6.07) is 2.38. The Labute approximate surface area is 129 Å². The van der Waals surface area contributed by atoms with E-state index in [1.807, 2.05) is 17.9 Å². The molecule has 1 saturated carbocycles. The lowest BCUT2D eigenvalue weighted by atomic mass is 9.81. The minimum absolute atomic E-state index is 0.250. The lowest BCUT2D eigenvalue weighted by molar-refractivity contribution is -0.0200. The van der Waals surface area contributed by atoms with Crippen LogP contribution in [0.15, 0.2) is 12.3 Å². The van der Waals surface area contributed by atoms with E-state index in [0.717, 1.165) is 19.6 Å². The van der Waals surface area contributed by atoms with Crippen LogP contribution in [-0.4, -0.2) is 29.0 Å². The van der Waals surface area contributed by atoms with Crippen molar-refractivity contribution in [2.75, 3.05) is 13.2 Å². The molecule has 0 saturated heterocycles. The molecule has 1 aliphatic rings. The van der Waals surface area contributed by atoms with Crippen LogP contribution in [0.4, 0.5) is 0 Å². The molecule has 1 fully saturated rings. The molecule has 2 rings (SSSR count). The summed E-state index contributed by atoms with van der Waals surface area (Å²) < 4.78 is 8.20. The van der Waals surface area contributed by atoms with E-state index in [1.165, 1.54) is 37.8 Å². The number of nitrogens with zero attached hydrogens (tertiary/aromatic N) is 2. The first-order valence-corrected chi connectivity index (χ1v) is 8.60. The van der Waals surface area contributed by atoms with Gasteiger partial charge in [0.2, 0.25) is 0 Å². The van der Waals surface area contributed by atoms with Crippen LogP contribution >= 0.6 is 0 Å². The third-order valence-electron chi connectivity index (χ3n) is 4.59. The van der Waals surface area contributed by atoms with Crippen LogP contribution in [-0.2, 0) is 11.8 Å². The van der Waals surface area contributed by atoms with Crippen LogP contribution < -0.4 is 5.32 Å². The Kier molecular flexibility index (Phi) is 6.71. The molecule has 120 valence electrons. The molecule has 1 aromatic heterocycles. The molecule has 0 amide bonds. The van der Waals surface area contributed by atoms with E-state index in [-0.39, 0.29) is 12.1 Å². The average molecular weight is 293 g/mol. The number of hydrogen-bond acceptors (Lipinski definition) is 3. The average Bonchev–Trinajstić information content (AvgIpc) is 2.93. The Morgan fingerprint density at radius 2 is 2.10 bits per heavy atom. The molecular formula is C17H31N3O. The molecule has 0 bridgehead atoms. The van der Waals surface area contributed by atoms with E-state index in [9.17, 15) is 0 Å². The highest BCUT2D eigenvalue weighted by atomic mass is 16.5. The lowest BCUT2D eigenvalue weighted by Crippen LogP contribution is -2.41. The number of aromatic nitrogens is 2. The molecule has 1 aromatic rings. The highest BCUT2D eigenvalue weighted by Crippen LogP contribution is 2.34. The maximum Gasteiger partial charge on any atom is 0.0812 e. The number of hydrogen-bond donors (Lipinski definition) is 1. The predicted molar refractivity (Wildman–Crippen MR) is 86.2 cm³/mol. The Hall–Kier alpha value is -0.870. The zero-order valence-corrected chi connectivity index (χ0v) is 13.8. The van der Waals surface area contributed by atoms with Gasteiger partial charge in [-0.15, -0.1) is 0 Å². The van der Waals surface area contributed by atoms with Gasteiger partial charge in [0.1, 0.15) is 0 Å². The van der Waals surface area contributed by atoms with Gasteiger partial charge in [0, 0.05) is 19.9 Å². The summed E-state index contributed by atoms with van der Waals surface area (Å²) >= 11 is 0. The first-order chi connectivity index (χ1) is 10.3. The fourth-order valence-corrected chi connectivity index (χ4v) is 3.54. The summed E-state index contributed by atoms with van der Waals surface area (Å²) in [5, 5.41) is 8.06. The van der Waals surface area contributed by atoms with Crippen molar-refractivity contribution in [2.45, 2.75) is 64.5 Å². The van der Waals surface area contributed by atoms with Crippen LogP contribution in [0.2, 0.25) is 0 Å². The highest BCUT2D eigenvalue weighted by molar-refractivity contribution is 5.10. The Balaban J connectivity index is 2.19. The topological polar surface area (TPSA) is 39.1 Å². The molecule has 0 spiro atoms. The molecule has 1 N–H and O–H groups in total. The first kappa shape index (κ1) is 16.5. The minimum atomic E-state index is 0.250. The summed E-state index contributed by atoms with van der Waals surface area (Å²) in [5.74, 6) is 0.669. The second-order valence-corrected chi connectivity index (χ2v) is 6.13. The van der Waals surface area contributed by atoms with Crippen molar-refractivity contribution in [3.05, 3.63) is 18.0 Å². The van der Waals surface area contributed by atoms with Crippen molar-refractivity contribution in [3.63, 3.8) is 0 Å². The van der Waals surface area contributed by atoms with E-state index < -0.39 is 0 Å². The van der Waals surface area contributed by atoms with Gasteiger partial charge in [-0.05, 0) is 44.7 Å². The van der Waals surface area contributed by atoms with E-state index in [0.29, 0.717) is 5.92 Å². The van der Waals surface area contributed by atoms with Crippen molar-refractivity contribution in [2.24, 2.45) is 13.0 Å². The normalized spacial score (nSPS) is 19.6. The van der Waals surface area contributed by atoms with Gasteiger partial charge in [0.15, 0.2) is 0 Å². The number of rotatable bonds is 8. The zero-order chi connectivity index (χ0) is 15.1. The molecule has 0 radical (unpaired) electrons. The fraction of sp³-hybridized carbons (Fsp3) is 0.824. The second-order valence-electron chi connectivity index (χ2n) is 6.13. The molecule has 21 heavy (non-hydrogen) atoms. The molecule has 1 aliphatic carbocycles. The fourth-order valence-electron chi connectivity index (χ4n) is 3.54. The maximum atomic E-state index is 6.22. The lowest BCUT2D eigenvalue weighted by Gasteiger charge is -2.36. The number of aryl methyl sites for hydroxylation is 1. The van der Waals surface area contributed by atoms with Crippen molar-refractivity contribution in [1.29, 1.82) is 0 Å². The number of nitrogens with one attached hydrogen (secondary N) is 1. The molecule has 4 nitrogen and oxygen atoms in total. The highest BCUT2D eigenvalue weighted by Gasteiger charge is 2.33. The van der Waals surface area contributed by atoms with Crippen LogP contribution in [0.5, 0.6) is 0 Å². The summed E-state index contributed by atoms with van der Waals surface area (Å²) in [6.07, 6.45) is 9.96. The minimum Gasteiger partial charge on any atom is -0.376 e. The van der Waals surface area contributed by atoms with Crippen LogP contribution in [0.25, 0.3) is 0 Å². The monoisotopic (exact) mass is 293 g/mol. The Morgan fingerprint density at radius 3 is 2.67 bits per heavy atom. The summed E-state index contributed by atoms with van der Waals surface area (Å²) in [4.78, 5) is 0. The molecule has 2 atom stereocenters. The Morgan fingerprint density at radius 1 is 1.33 bits per heavy atom. The van der Waals surface area contributed by atoms with E-state index in [1.54, 1.807) is 0 Å². The quantitative estimate of drug-likeness (QED) is 0.798. The van der Waals surface area contributed by atoms with Gasteiger partial charge < -0.3 is 10.1 Å². The largest absolute Gasteiger partial charge is 0.376 e. The van der Waals surface area contributed by atoms with Crippen molar-refractivity contribution in [3.8, 4) is 0 Å². The summed E-state index contributed by atoms with van der Waals surface area (Å²) in [5.41, 5.74) is 1.24. The van der Waals surface area contributed by atoms with Crippen LogP contribution in [0.3, 0.4) is 0 Å². The first-order valence-electron chi connectivity index (χ1n) is 8.60. The van der Waals surface area contributed by atoms with Gasteiger partial charge in [0.25, 0.3) is 0 Å². The van der Waals surface area contributed by atoms with Gasteiger partial charge in [0.05, 0.1) is 17.8 Å². The van der Waals surface area contributed by atoms with Crippen LogP contribution in [0, 0.1) is 5.92 Å². The van der Waals surface area contributed by atoms with Crippen LogP contribution in [0.1, 0.15) is 64.1 Å². The van der Waals surface area contributed by atoms with E-state index >= 15 is 0 Å². The van der Waals surface area contributed by atoms with Crippen molar-refractivity contribution >= 4 is 0 Å². The van der Waals surface area contributed by atoms with Gasteiger partial charge >= 0.3 is 0 Å². The van der Waals surface area contributed by atoms with Crippen molar-refractivity contribution in [1.82, 2.24) is 15.1 Å².